The van der Waals surface area contributed by atoms with Crippen molar-refractivity contribution in [3.05, 3.63) is 63.9 Å². The molecule has 0 spiro atoms. The summed E-state index contributed by atoms with van der Waals surface area (Å²) in [5.41, 5.74) is 5.85. The van der Waals surface area contributed by atoms with Crippen LogP contribution in [0.3, 0.4) is 0 Å². The summed E-state index contributed by atoms with van der Waals surface area (Å²) < 4.78 is 0.553. The van der Waals surface area contributed by atoms with Crippen molar-refractivity contribution in [3.8, 4) is 11.1 Å². The van der Waals surface area contributed by atoms with E-state index in [1.54, 1.807) is 0 Å². The molecule has 0 aliphatic heterocycles. The lowest BCUT2D eigenvalue weighted by Gasteiger charge is -2.24. The van der Waals surface area contributed by atoms with Crippen LogP contribution in [0.15, 0.2) is 52.8 Å². The Balaban J connectivity index is 2.44. The normalized spacial score (nSPS) is 12.1. The van der Waals surface area contributed by atoms with Crippen LogP contribution in [-0.4, -0.2) is 0 Å². The molecule has 16 heavy (non-hydrogen) atoms. The molecule has 0 fully saturated rings. The number of hydrogen-bond acceptors (Lipinski definition) is 2. The molecule has 0 atom stereocenters. The molecule has 0 nitrogen and oxygen atoms in total. The molecule has 1 aliphatic rings. The summed E-state index contributed by atoms with van der Waals surface area (Å²) in [5.74, 6) is 0. The standard InChI is InChI=1S/C14H10S2/c15-14(16)13-11-7-3-1-5-9(11)10-6-2-4-8-12(10)13/h1-8,15-16H/p-2. The van der Waals surface area contributed by atoms with Gasteiger partial charge in [0, 0.05) is 0 Å². The van der Waals surface area contributed by atoms with Gasteiger partial charge in [-0.1, -0.05) is 54.1 Å². The number of benzene rings is 2. The first kappa shape index (κ1) is 9.82. The van der Waals surface area contributed by atoms with Crippen LogP contribution in [0.4, 0.5) is 0 Å². The minimum atomic E-state index is 0.553. The number of fused-ring (bicyclic) bond motifs is 3. The van der Waals surface area contributed by atoms with Crippen molar-refractivity contribution in [1.82, 2.24) is 0 Å². The van der Waals surface area contributed by atoms with Gasteiger partial charge in [0.1, 0.15) is 0 Å². The van der Waals surface area contributed by atoms with Gasteiger partial charge in [-0.05, 0) is 22.3 Å². The van der Waals surface area contributed by atoms with Gasteiger partial charge in [0.2, 0.25) is 0 Å². The molecule has 0 N–H and O–H groups in total. The fourth-order valence-corrected chi connectivity index (χ4v) is 2.68. The zero-order valence-electron chi connectivity index (χ0n) is 8.44. The Morgan fingerprint density at radius 2 is 1.00 bits per heavy atom. The Morgan fingerprint density at radius 1 is 0.625 bits per heavy atom. The summed E-state index contributed by atoms with van der Waals surface area (Å²) in [6, 6.07) is 16.6. The maximum atomic E-state index is 5.19. The van der Waals surface area contributed by atoms with Gasteiger partial charge in [0.15, 0.2) is 0 Å². The third kappa shape index (κ3) is 1.27. The second-order valence-corrected chi connectivity index (χ2v) is 4.83. The van der Waals surface area contributed by atoms with Crippen molar-refractivity contribution >= 4 is 30.8 Å². The summed E-state index contributed by atoms with van der Waals surface area (Å²) >= 11 is 10.4. The van der Waals surface area contributed by atoms with Crippen LogP contribution in [0.5, 0.6) is 0 Å². The van der Waals surface area contributed by atoms with E-state index < -0.39 is 0 Å². The van der Waals surface area contributed by atoms with Crippen molar-refractivity contribution in [2.24, 2.45) is 0 Å². The molecule has 0 radical (unpaired) electrons. The number of rotatable bonds is 0. The second-order valence-electron chi connectivity index (χ2n) is 3.75. The largest absolute Gasteiger partial charge is 0.807 e. The molecule has 0 amide bonds. The lowest BCUT2D eigenvalue weighted by atomic mass is 10.1. The summed E-state index contributed by atoms with van der Waals surface area (Å²) in [4.78, 5) is 0. The first-order valence-corrected chi connectivity index (χ1v) is 5.88. The van der Waals surface area contributed by atoms with Gasteiger partial charge in [0.05, 0.1) is 0 Å². The molecule has 3 rings (SSSR count). The van der Waals surface area contributed by atoms with Crippen molar-refractivity contribution < 1.29 is 0 Å². The average Bonchev–Trinajstić information content (AvgIpc) is 2.63. The molecule has 1 aliphatic carbocycles. The highest BCUT2D eigenvalue weighted by Gasteiger charge is 2.20. The maximum Gasteiger partial charge on any atom is -0.0100 e. The molecule has 0 bridgehead atoms. The maximum absolute atomic E-state index is 5.19. The average molecular weight is 240 g/mol. The van der Waals surface area contributed by atoms with Gasteiger partial charge in [0.25, 0.3) is 0 Å². The first-order chi connectivity index (χ1) is 7.79. The van der Waals surface area contributed by atoms with E-state index in [4.69, 9.17) is 25.3 Å². The molecule has 0 saturated heterocycles. The molecule has 0 unspecified atom stereocenters. The highest BCUT2D eigenvalue weighted by Crippen LogP contribution is 2.44. The molecular weight excluding hydrogens is 232 g/mol. The van der Waals surface area contributed by atoms with E-state index in [0.29, 0.717) is 4.24 Å². The Labute approximate surface area is 106 Å². The van der Waals surface area contributed by atoms with E-state index in [1.807, 2.05) is 24.3 Å². The zero-order chi connectivity index (χ0) is 11.1. The van der Waals surface area contributed by atoms with E-state index in [-0.39, 0.29) is 0 Å². The SMILES string of the molecule is [S-]C([S-])=C1c2ccccc2-c2ccccc21. The lowest BCUT2D eigenvalue weighted by Crippen LogP contribution is -1.84. The van der Waals surface area contributed by atoms with Crippen molar-refractivity contribution in [2.45, 2.75) is 0 Å². The molecule has 2 heteroatoms. The monoisotopic (exact) mass is 240 g/mol. The van der Waals surface area contributed by atoms with E-state index in [2.05, 4.69) is 24.3 Å². The fraction of sp³-hybridized carbons (Fsp3) is 0. The predicted molar refractivity (Wildman–Crippen MR) is 72.6 cm³/mol. The Kier molecular flexibility index (Phi) is 2.20. The quantitative estimate of drug-likeness (QED) is 0.552. The topological polar surface area (TPSA) is 0 Å². The van der Waals surface area contributed by atoms with Crippen molar-refractivity contribution in [3.63, 3.8) is 0 Å². The summed E-state index contributed by atoms with van der Waals surface area (Å²) in [6.45, 7) is 0. The third-order valence-corrected chi connectivity index (χ3v) is 3.30. The van der Waals surface area contributed by atoms with Crippen LogP contribution in [0.1, 0.15) is 11.1 Å². The number of hydrogen-bond donors (Lipinski definition) is 0. The molecule has 78 valence electrons. The van der Waals surface area contributed by atoms with Gasteiger partial charge >= 0.3 is 0 Å². The van der Waals surface area contributed by atoms with E-state index >= 15 is 0 Å². The smallest absolute Gasteiger partial charge is 0.0100 e. The summed E-state index contributed by atoms with van der Waals surface area (Å²) in [5, 5.41) is 0. The van der Waals surface area contributed by atoms with Gasteiger partial charge in [-0.25, -0.2) is 0 Å². The summed E-state index contributed by atoms with van der Waals surface area (Å²) in [7, 11) is 0. The van der Waals surface area contributed by atoms with Gasteiger partial charge in [-0.15, -0.1) is 0 Å². The van der Waals surface area contributed by atoms with Crippen molar-refractivity contribution in [2.75, 3.05) is 0 Å². The second kappa shape index (κ2) is 3.58. The van der Waals surface area contributed by atoms with Crippen LogP contribution >= 0.6 is 0 Å². The van der Waals surface area contributed by atoms with Crippen LogP contribution in [0.2, 0.25) is 0 Å². The van der Waals surface area contributed by atoms with E-state index in [1.165, 1.54) is 22.3 Å². The van der Waals surface area contributed by atoms with Crippen molar-refractivity contribution in [1.29, 1.82) is 0 Å². The molecular formula is C14H8S2-2. The van der Waals surface area contributed by atoms with E-state index in [9.17, 15) is 0 Å². The summed E-state index contributed by atoms with van der Waals surface area (Å²) in [6.07, 6.45) is 0. The molecule has 0 saturated carbocycles. The predicted octanol–water partition coefficient (Wildman–Crippen LogP) is 3.48. The van der Waals surface area contributed by atoms with Gasteiger partial charge in [-0.2, -0.15) is 0 Å². The Morgan fingerprint density at radius 3 is 1.38 bits per heavy atom. The Hall–Kier alpha value is -1.38. The minimum absolute atomic E-state index is 0.553. The van der Waals surface area contributed by atoms with Crippen LogP contribution in [-0.2, 0) is 25.3 Å². The van der Waals surface area contributed by atoms with Gasteiger partial charge < -0.3 is 29.5 Å². The fourth-order valence-electron chi connectivity index (χ4n) is 2.24. The van der Waals surface area contributed by atoms with Crippen LogP contribution < -0.4 is 0 Å². The Bertz CT molecular complexity index is 546. The highest BCUT2D eigenvalue weighted by molar-refractivity contribution is 7.85. The molecule has 2 aromatic rings. The van der Waals surface area contributed by atoms with Gasteiger partial charge in [-0.3, -0.25) is 0 Å². The lowest BCUT2D eigenvalue weighted by molar-refractivity contribution is 1.65. The minimum Gasteiger partial charge on any atom is -0.807 e. The third-order valence-electron chi connectivity index (χ3n) is 2.89. The zero-order valence-corrected chi connectivity index (χ0v) is 10.1. The highest BCUT2D eigenvalue weighted by atomic mass is 32.2. The van der Waals surface area contributed by atoms with E-state index in [0.717, 1.165) is 5.57 Å². The molecule has 0 aromatic heterocycles. The molecule has 2 aromatic carbocycles. The van der Waals surface area contributed by atoms with Crippen LogP contribution in [0.25, 0.3) is 16.7 Å². The van der Waals surface area contributed by atoms with Crippen LogP contribution in [0, 0.1) is 0 Å². The first-order valence-electron chi connectivity index (χ1n) is 5.06. The molecule has 0 heterocycles.